The molecule has 9 heteroatoms. The van der Waals surface area contributed by atoms with Gasteiger partial charge in [0.1, 0.15) is 25.1 Å². The average molecular weight is 711 g/mol. The summed E-state index contributed by atoms with van der Waals surface area (Å²) >= 11 is 0. The first-order valence-electron chi connectivity index (χ1n) is 20.3. The van der Waals surface area contributed by atoms with Crippen LogP contribution in [0.15, 0.2) is 12.2 Å². The van der Waals surface area contributed by atoms with Crippen LogP contribution in [-0.2, 0) is 23.9 Å². The summed E-state index contributed by atoms with van der Waals surface area (Å²) in [6.45, 7) is 6.21. The van der Waals surface area contributed by atoms with E-state index >= 15 is 0 Å². The highest BCUT2D eigenvalue weighted by Crippen LogP contribution is 2.36. The van der Waals surface area contributed by atoms with Gasteiger partial charge in [0.2, 0.25) is 0 Å². The van der Waals surface area contributed by atoms with Crippen molar-refractivity contribution in [3.05, 3.63) is 12.2 Å². The SMILES string of the molecule is CCCCC[C@H](O)/C=C/[C@@H]1[C@@H](CC(=O)CCCCC(=O)OC[C@H](O)COC(=O)CCCCCCCCCCCCCCC(C)C)[C@@H](O)C[C@H]1O. The normalized spacial score (nSPS) is 20.4. The van der Waals surface area contributed by atoms with Gasteiger partial charge in [-0.25, -0.2) is 0 Å². The van der Waals surface area contributed by atoms with Gasteiger partial charge in [-0.2, -0.15) is 0 Å². The molecule has 4 N–H and O–H groups in total. The Labute approximate surface area is 304 Å². The van der Waals surface area contributed by atoms with Crippen LogP contribution in [0.1, 0.15) is 175 Å². The molecule has 50 heavy (non-hydrogen) atoms. The summed E-state index contributed by atoms with van der Waals surface area (Å²) in [5.74, 6) is -0.849. The Morgan fingerprint density at radius 2 is 1.14 bits per heavy atom. The summed E-state index contributed by atoms with van der Waals surface area (Å²) < 4.78 is 10.2. The predicted octanol–water partition coefficient (Wildman–Crippen LogP) is 7.93. The van der Waals surface area contributed by atoms with E-state index in [-0.39, 0.29) is 56.6 Å². The van der Waals surface area contributed by atoms with Gasteiger partial charge in [0, 0.05) is 43.9 Å². The monoisotopic (exact) mass is 711 g/mol. The molecule has 1 aliphatic carbocycles. The second kappa shape index (κ2) is 29.7. The van der Waals surface area contributed by atoms with Gasteiger partial charge in [0.15, 0.2) is 0 Å². The molecule has 292 valence electrons. The van der Waals surface area contributed by atoms with Crippen LogP contribution in [0.3, 0.4) is 0 Å². The van der Waals surface area contributed by atoms with E-state index in [2.05, 4.69) is 20.8 Å². The largest absolute Gasteiger partial charge is 0.463 e. The lowest BCUT2D eigenvalue weighted by molar-refractivity contribution is -0.152. The predicted molar refractivity (Wildman–Crippen MR) is 198 cm³/mol. The van der Waals surface area contributed by atoms with E-state index in [1.54, 1.807) is 12.2 Å². The van der Waals surface area contributed by atoms with Crippen LogP contribution < -0.4 is 0 Å². The molecule has 1 fully saturated rings. The third-order valence-corrected chi connectivity index (χ3v) is 9.91. The summed E-state index contributed by atoms with van der Waals surface area (Å²) in [5.41, 5.74) is 0. The van der Waals surface area contributed by atoms with Crippen molar-refractivity contribution in [1.29, 1.82) is 0 Å². The molecule has 0 saturated heterocycles. The number of carbonyl (C=O) groups is 3. The zero-order chi connectivity index (χ0) is 37.0. The maximum Gasteiger partial charge on any atom is 0.305 e. The Hall–Kier alpha value is -1.81. The smallest absolute Gasteiger partial charge is 0.305 e. The van der Waals surface area contributed by atoms with Crippen LogP contribution in [-0.4, -0.2) is 75.8 Å². The minimum absolute atomic E-state index is 0.0421. The lowest BCUT2D eigenvalue weighted by atomic mass is 9.87. The van der Waals surface area contributed by atoms with Crippen molar-refractivity contribution >= 4 is 17.7 Å². The molecule has 0 aromatic heterocycles. The molecule has 1 aliphatic rings. The van der Waals surface area contributed by atoms with Crippen molar-refractivity contribution in [2.45, 2.75) is 199 Å². The molecule has 9 nitrogen and oxygen atoms in total. The van der Waals surface area contributed by atoms with Gasteiger partial charge in [0.05, 0.1) is 18.3 Å². The van der Waals surface area contributed by atoms with E-state index in [1.807, 2.05) is 0 Å². The molecule has 6 atom stereocenters. The molecule has 0 aromatic rings. The second-order valence-electron chi connectivity index (χ2n) is 15.2. The Balaban J connectivity index is 2.06. The van der Waals surface area contributed by atoms with Crippen LogP contribution in [0, 0.1) is 17.8 Å². The number of ketones is 1. The highest BCUT2D eigenvalue weighted by atomic mass is 16.6. The van der Waals surface area contributed by atoms with Crippen molar-refractivity contribution in [3.8, 4) is 0 Å². The number of ether oxygens (including phenoxy) is 2. The van der Waals surface area contributed by atoms with Gasteiger partial charge in [-0.3, -0.25) is 14.4 Å². The van der Waals surface area contributed by atoms with Crippen molar-refractivity contribution in [2.75, 3.05) is 13.2 Å². The first kappa shape index (κ1) is 46.2. The second-order valence-corrected chi connectivity index (χ2v) is 15.2. The van der Waals surface area contributed by atoms with E-state index < -0.39 is 36.3 Å². The molecule has 1 rings (SSSR count). The number of rotatable bonds is 32. The molecule has 0 unspecified atom stereocenters. The number of aliphatic hydroxyl groups excluding tert-OH is 4. The number of esters is 2. The summed E-state index contributed by atoms with van der Waals surface area (Å²) in [6, 6.07) is 0. The summed E-state index contributed by atoms with van der Waals surface area (Å²) in [5, 5.41) is 41.1. The molecule has 1 saturated carbocycles. The first-order chi connectivity index (χ1) is 24.0. The van der Waals surface area contributed by atoms with Gasteiger partial charge in [-0.05, 0) is 31.6 Å². The summed E-state index contributed by atoms with van der Waals surface area (Å²) in [6.07, 6.45) is 21.9. The van der Waals surface area contributed by atoms with Crippen LogP contribution in [0.4, 0.5) is 0 Å². The van der Waals surface area contributed by atoms with Crippen molar-refractivity contribution in [3.63, 3.8) is 0 Å². The molecule has 0 radical (unpaired) electrons. The van der Waals surface area contributed by atoms with E-state index in [9.17, 15) is 34.8 Å². The highest BCUT2D eigenvalue weighted by molar-refractivity contribution is 5.79. The maximum atomic E-state index is 12.6. The van der Waals surface area contributed by atoms with Crippen molar-refractivity contribution in [1.82, 2.24) is 0 Å². The quantitative estimate of drug-likeness (QED) is 0.0310. The lowest BCUT2D eigenvalue weighted by Gasteiger charge is -2.20. The average Bonchev–Trinajstić information content (AvgIpc) is 3.34. The van der Waals surface area contributed by atoms with E-state index in [1.165, 1.54) is 64.2 Å². The first-order valence-corrected chi connectivity index (χ1v) is 20.3. The highest BCUT2D eigenvalue weighted by Gasteiger charge is 2.41. The minimum Gasteiger partial charge on any atom is -0.463 e. The standard InChI is InChI=1S/C41H74O9/c1-4-5-16-22-33(42)26-27-36-37(39(46)29-38(36)45)28-34(43)23-19-20-25-41(48)50-31-35(44)30-49-40(47)24-18-15-13-11-9-7-6-8-10-12-14-17-21-32(2)3/h26-27,32-33,35-39,42,44-46H,4-25,28-31H2,1-3H3/b27-26+/t33-,35+,36+,37+,38+,39-/m0/s1. The zero-order valence-corrected chi connectivity index (χ0v) is 31.9. The van der Waals surface area contributed by atoms with Crippen molar-refractivity contribution in [2.24, 2.45) is 17.8 Å². The van der Waals surface area contributed by atoms with E-state index in [0.717, 1.165) is 44.4 Å². The van der Waals surface area contributed by atoms with Crippen LogP contribution in [0.2, 0.25) is 0 Å². The third kappa shape index (κ3) is 24.4. The molecule has 0 aromatic carbocycles. The third-order valence-electron chi connectivity index (χ3n) is 9.91. The topological polar surface area (TPSA) is 151 Å². The fourth-order valence-corrected chi connectivity index (χ4v) is 6.74. The van der Waals surface area contributed by atoms with E-state index in [0.29, 0.717) is 25.7 Å². The number of carbonyl (C=O) groups excluding carboxylic acids is 3. The number of unbranched alkanes of at least 4 members (excludes halogenated alkanes) is 14. The number of hydrogen-bond acceptors (Lipinski definition) is 9. The van der Waals surface area contributed by atoms with Gasteiger partial charge >= 0.3 is 11.9 Å². The Kier molecular flexibility index (Phi) is 27.5. The van der Waals surface area contributed by atoms with Gasteiger partial charge in [0.25, 0.3) is 0 Å². The minimum atomic E-state index is -1.09. The Bertz CT molecular complexity index is 904. The molecular weight excluding hydrogens is 636 g/mol. The number of Topliss-reactive ketones (excluding diaryl/α,β-unsaturated/α-hetero) is 1. The summed E-state index contributed by atoms with van der Waals surface area (Å²) in [7, 11) is 0. The Morgan fingerprint density at radius 1 is 0.660 bits per heavy atom. The molecule has 0 bridgehead atoms. The van der Waals surface area contributed by atoms with Crippen LogP contribution in [0.5, 0.6) is 0 Å². The maximum absolute atomic E-state index is 12.6. The molecular formula is C41H74O9. The molecule has 0 spiro atoms. The fourth-order valence-electron chi connectivity index (χ4n) is 6.74. The fraction of sp³-hybridized carbons (Fsp3) is 0.878. The number of hydrogen-bond donors (Lipinski definition) is 4. The van der Waals surface area contributed by atoms with E-state index in [4.69, 9.17) is 9.47 Å². The van der Waals surface area contributed by atoms with Crippen molar-refractivity contribution < 1.29 is 44.3 Å². The zero-order valence-electron chi connectivity index (χ0n) is 31.9. The van der Waals surface area contributed by atoms with Gasteiger partial charge in [-0.1, -0.05) is 129 Å². The number of aliphatic hydroxyl groups is 4. The van der Waals surface area contributed by atoms with Gasteiger partial charge in [-0.15, -0.1) is 0 Å². The van der Waals surface area contributed by atoms with Gasteiger partial charge < -0.3 is 29.9 Å². The lowest BCUT2D eigenvalue weighted by Crippen LogP contribution is -2.25. The molecule has 0 aliphatic heterocycles. The van der Waals surface area contributed by atoms with Crippen LogP contribution in [0.25, 0.3) is 0 Å². The summed E-state index contributed by atoms with van der Waals surface area (Å²) in [4.78, 5) is 36.7. The van der Waals surface area contributed by atoms with Crippen LogP contribution >= 0.6 is 0 Å². The molecule has 0 amide bonds. The Morgan fingerprint density at radius 3 is 1.68 bits per heavy atom. The molecule has 0 heterocycles.